The van der Waals surface area contributed by atoms with E-state index in [2.05, 4.69) is 4.90 Å². The Morgan fingerprint density at radius 2 is 2.20 bits per heavy atom. The first-order valence-electron chi connectivity index (χ1n) is 6.08. The Hall–Kier alpha value is -0.410. The van der Waals surface area contributed by atoms with E-state index >= 15 is 0 Å². The summed E-state index contributed by atoms with van der Waals surface area (Å²) in [7, 11) is 1.80. The van der Waals surface area contributed by atoms with E-state index in [9.17, 15) is 4.79 Å². The van der Waals surface area contributed by atoms with Gasteiger partial charge in [-0.25, -0.2) is 0 Å². The molecule has 0 radical (unpaired) electrons. The Kier molecular flexibility index (Phi) is 3.76. The molecule has 0 aromatic rings. The zero-order valence-corrected chi connectivity index (χ0v) is 9.58. The standard InChI is InChI=1S/C12H21NO2/c1-15-12-6-2-4-10(8-12)13-7-3-5-11(14)9-13/h10,12H,2-9H2,1H3. The fraction of sp³-hybridized carbons (Fsp3) is 0.917. The minimum absolute atomic E-state index is 0.417. The van der Waals surface area contributed by atoms with Gasteiger partial charge in [0.2, 0.25) is 0 Å². The molecule has 0 aromatic heterocycles. The molecular formula is C12H21NO2. The summed E-state index contributed by atoms with van der Waals surface area (Å²) in [5.74, 6) is 0.417. The molecule has 0 aromatic carbocycles. The van der Waals surface area contributed by atoms with Gasteiger partial charge < -0.3 is 4.74 Å². The van der Waals surface area contributed by atoms with E-state index < -0.39 is 0 Å². The number of piperidine rings is 1. The highest BCUT2D eigenvalue weighted by Gasteiger charge is 2.29. The van der Waals surface area contributed by atoms with Gasteiger partial charge in [-0.05, 0) is 38.6 Å². The lowest BCUT2D eigenvalue weighted by molar-refractivity contribution is -0.123. The van der Waals surface area contributed by atoms with Gasteiger partial charge in [-0.1, -0.05) is 0 Å². The molecule has 15 heavy (non-hydrogen) atoms. The zero-order valence-electron chi connectivity index (χ0n) is 9.58. The molecule has 0 N–H and O–H groups in total. The molecule has 1 saturated heterocycles. The second-order valence-electron chi connectivity index (χ2n) is 4.79. The van der Waals surface area contributed by atoms with Crippen LogP contribution in [0.2, 0.25) is 0 Å². The van der Waals surface area contributed by atoms with E-state index in [0.29, 0.717) is 24.5 Å². The van der Waals surface area contributed by atoms with Crippen LogP contribution in [0.1, 0.15) is 38.5 Å². The van der Waals surface area contributed by atoms with Crippen LogP contribution in [0.4, 0.5) is 0 Å². The Morgan fingerprint density at radius 3 is 2.93 bits per heavy atom. The smallest absolute Gasteiger partial charge is 0.146 e. The second-order valence-corrected chi connectivity index (χ2v) is 4.79. The van der Waals surface area contributed by atoms with E-state index in [1.807, 2.05) is 0 Å². The van der Waals surface area contributed by atoms with Crippen molar-refractivity contribution in [3.63, 3.8) is 0 Å². The normalized spacial score (nSPS) is 34.3. The predicted octanol–water partition coefficient (Wildman–Crippen LogP) is 1.61. The van der Waals surface area contributed by atoms with Gasteiger partial charge in [0.25, 0.3) is 0 Å². The molecule has 2 atom stereocenters. The molecule has 86 valence electrons. The summed E-state index contributed by atoms with van der Waals surface area (Å²) in [5, 5.41) is 0. The highest BCUT2D eigenvalue weighted by molar-refractivity contribution is 5.81. The van der Waals surface area contributed by atoms with Crippen LogP contribution < -0.4 is 0 Å². The van der Waals surface area contributed by atoms with Crippen molar-refractivity contribution in [2.45, 2.75) is 50.7 Å². The monoisotopic (exact) mass is 211 g/mol. The van der Waals surface area contributed by atoms with Gasteiger partial charge in [-0.15, -0.1) is 0 Å². The first-order chi connectivity index (χ1) is 7.29. The van der Waals surface area contributed by atoms with Gasteiger partial charge in [0.1, 0.15) is 5.78 Å². The van der Waals surface area contributed by atoms with Crippen LogP contribution in [-0.4, -0.2) is 43.0 Å². The average molecular weight is 211 g/mol. The number of nitrogens with zero attached hydrogens (tertiary/aromatic N) is 1. The zero-order chi connectivity index (χ0) is 10.7. The van der Waals surface area contributed by atoms with Crippen LogP contribution in [0.3, 0.4) is 0 Å². The SMILES string of the molecule is COC1CCCC(N2CCCC(=O)C2)C1. The number of hydrogen-bond acceptors (Lipinski definition) is 3. The van der Waals surface area contributed by atoms with Gasteiger partial charge in [0.05, 0.1) is 12.6 Å². The Morgan fingerprint density at radius 1 is 1.33 bits per heavy atom. The Labute approximate surface area is 91.8 Å². The summed E-state index contributed by atoms with van der Waals surface area (Å²) in [5.41, 5.74) is 0. The maximum absolute atomic E-state index is 11.4. The Bertz CT molecular complexity index is 230. The van der Waals surface area contributed by atoms with E-state index in [4.69, 9.17) is 4.74 Å². The van der Waals surface area contributed by atoms with Gasteiger partial charge >= 0.3 is 0 Å². The predicted molar refractivity (Wildman–Crippen MR) is 58.9 cm³/mol. The average Bonchev–Trinajstić information content (AvgIpc) is 2.29. The highest BCUT2D eigenvalue weighted by atomic mass is 16.5. The highest BCUT2D eigenvalue weighted by Crippen LogP contribution is 2.26. The summed E-state index contributed by atoms with van der Waals surface area (Å²) in [6, 6.07) is 0.591. The van der Waals surface area contributed by atoms with Crippen molar-refractivity contribution in [2.24, 2.45) is 0 Å². The molecule has 2 aliphatic rings. The molecular weight excluding hydrogens is 190 g/mol. The molecule has 1 aliphatic heterocycles. The van der Waals surface area contributed by atoms with E-state index in [1.54, 1.807) is 7.11 Å². The molecule has 0 amide bonds. The van der Waals surface area contributed by atoms with Crippen molar-refractivity contribution in [3.05, 3.63) is 0 Å². The minimum atomic E-state index is 0.417. The molecule has 0 bridgehead atoms. The quantitative estimate of drug-likeness (QED) is 0.695. The fourth-order valence-electron chi connectivity index (χ4n) is 2.84. The van der Waals surface area contributed by atoms with Crippen LogP contribution in [0.25, 0.3) is 0 Å². The summed E-state index contributed by atoms with van der Waals surface area (Å²) in [4.78, 5) is 13.8. The number of ether oxygens (including phenoxy) is 1. The molecule has 1 heterocycles. The summed E-state index contributed by atoms with van der Waals surface area (Å²) in [6.45, 7) is 1.79. The van der Waals surface area contributed by atoms with Crippen molar-refractivity contribution in [1.82, 2.24) is 4.90 Å². The summed E-state index contributed by atoms with van der Waals surface area (Å²) >= 11 is 0. The first kappa shape index (κ1) is 11.1. The van der Waals surface area contributed by atoms with E-state index in [0.717, 1.165) is 25.8 Å². The Balaban J connectivity index is 1.88. The van der Waals surface area contributed by atoms with Crippen molar-refractivity contribution < 1.29 is 9.53 Å². The number of methoxy groups -OCH3 is 1. The maximum atomic E-state index is 11.4. The van der Waals surface area contributed by atoms with Crippen LogP contribution in [-0.2, 0) is 9.53 Å². The number of likely N-dealkylation sites (tertiary alicyclic amines) is 1. The van der Waals surface area contributed by atoms with Gasteiger partial charge in [-0.2, -0.15) is 0 Å². The van der Waals surface area contributed by atoms with Crippen LogP contribution in [0.15, 0.2) is 0 Å². The van der Waals surface area contributed by atoms with Gasteiger partial charge in [-0.3, -0.25) is 9.69 Å². The number of ketones is 1. The van der Waals surface area contributed by atoms with Crippen molar-refractivity contribution in [3.8, 4) is 0 Å². The van der Waals surface area contributed by atoms with Crippen LogP contribution in [0.5, 0.6) is 0 Å². The molecule has 3 nitrogen and oxygen atoms in total. The topological polar surface area (TPSA) is 29.5 Å². The van der Waals surface area contributed by atoms with Crippen molar-refractivity contribution in [2.75, 3.05) is 20.2 Å². The summed E-state index contributed by atoms with van der Waals surface area (Å²) in [6.07, 6.45) is 7.05. The fourth-order valence-corrected chi connectivity index (χ4v) is 2.84. The lowest BCUT2D eigenvalue weighted by atomic mass is 9.90. The molecule has 2 rings (SSSR count). The lowest BCUT2D eigenvalue weighted by Gasteiger charge is -2.38. The third kappa shape index (κ3) is 2.79. The first-order valence-corrected chi connectivity index (χ1v) is 6.08. The number of carbonyl (C=O) groups excluding carboxylic acids is 1. The number of rotatable bonds is 2. The molecule has 1 aliphatic carbocycles. The third-order valence-electron chi connectivity index (χ3n) is 3.73. The number of Topliss-reactive ketones (excluding diaryl/α,β-unsaturated/α-hetero) is 1. The second kappa shape index (κ2) is 5.08. The number of hydrogen-bond donors (Lipinski definition) is 0. The molecule has 1 saturated carbocycles. The summed E-state index contributed by atoms with van der Waals surface area (Å²) < 4.78 is 5.43. The minimum Gasteiger partial charge on any atom is -0.381 e. The van der Waals surface area contributed by atoms with Crippen molar-refractivity contribution in [1.29, 1.82) is 0 Å². The largest absolute Gasteiger partial charge is 0.381 e. The van der Waals surface area contributed by atoms with E-state index in [1.165, 1.54) is 19.3 Å². The number of carbonyl (C=O) groups is 1. The molecule has 3 heteroatoms. The van der Waals surface area contributed by atoms with Crippen LogP contribution in [0, 0.1) is 0 Å². The van der Waals surface area contributed by atoms with Crippen molar-refractivity contribution >= 4 is 5.78 Å². The van der Waals surface area contributed by atoms with Gasteiger partial charge in [0, 0.05) is 19.6 Å². The maximum Gasteiger partial charge on any atom is 0.146 e. The molecule has 0 spiro atoms. The van der Waals surface area contributed by atoms with Gasteiger partial charge in [0.15, 0.2) is 0 Å². The van der Waals surface area contributed by atoms with Crippen LogP contribution >= 0.6 is 0 Å². The lowest BCUT2D eigenvalue weighted by Crippen LogP contribution is -2.46. The third-order valence-corrected chi connectivity index (χ3v) is 3.73. The molecule has 2 unspecified atom stereocenters. The van der Waals surface area contributed by atoms with E-state index in [-0.39, 0.29) is 0 Å². The molecule has 2 fully saturated rings.